The summed E-state index contributed by atoms with van der Waals surface area (Å²) in [5, 5.41) is 5.83. The van der Waals surface area contributed by atoms with Crippen LogP contribution in [0.5, 0.6) is 0 Å². The molecule has 1 heterocycles. The average molecular weight is 289 g/mol. The lowest BCUT2D eigenvalue weighted by Crippen LogP contribution is -2.15. The highest BCUT2D eigenvalue weighted by Gasteiger charge is 2.13. The first-order valence-corrected chi connectivity index (χ1v) is 7.41. The van der Waals surface area contributed by atoms with E-state index in [1.165, 1.54) is 16.5 Å². The molecule has 0 unspecified atom stereocenters. The molecule has 0 bridgehead atoms. The first-order chi connectivity index (χ1) is 9.29. The molecule has 96 valence electrons. The smallest absolute Gasteiger partial charge is 0.191 e. The molecule has 2 nitrogen and oxygen atoms in total. The lowest BCUT2D eigenvalue weighted by Gasteiger charge is -2.21. The van der Waals surface area contributed by atoms with Gasteiger partial charge in [-0.05, 0) is 18.4 Å². The van der Waals surface area contributed by atoms with Crippen LogP contribution in [0.25, 0.3) is 10.8 Å². The highest BCUT2D eigenvalue weighted by Crippen LogP contribution is 2.34. The maximum atomic E-state index is 5.94. The van der Waals surface area contributed by atoms with Crippen molar-refractivity contribution in [2.45, 2.75) is 6.92 Å². The maximum absolute atomic E-state index is 5.94. The fourth-order valence-corrected chi connectivity index (χ4v) is 3.25. The van der Waals surface area contributed by atoms with Gasteiger partial charge in [0.1, 0.15) is 5.15 Å². The average Bonchev–Trinajstić information content (AvgIpc) is 2.86. The summed E-state index contributed by atoms with van der Waals surface area (Å²) in [6, 6.07) is 14.7. The molecule has 0 spiro atoms. The molecular weight excluding hydrogens is 276 g/mol. The van der Waals surface area contributed by atoms with Crippen LogP contribution in [0.1, 0.15) is 6.92 Å². The van der Waals surface area contributed by atoms with Gasteiger partial charge >= 0.3 is 0 Å². The molecule has 0 N–H and O–H groups in total. The van der Waals surface area contributed by atoms with Crippen molar-refractivity contribution in [3.05, 3.63) is 53.0 Å². The summed E-state index contributed by atoms with van der Waals surface area (Å²) in [4.78, 5) is 6.57. The summed E-state index contributed by atoms with van der Waals surface area (Å²) in [6.45, 7) is 2.98. The number of hydrogen-bond acceptors (Lipinski definition) is 3. The predicted octanol–water partition coefficient (Wildman–Crippen LogP) is 5.11. The number of nitrogens with zero attached hydrogens (tertiary/aromatic N) is 2. The van der Waals surface area contributed by atoms with E-state index >= 15 is 0 Å². The van der Waals surface area contributed by atoms with Gasteiger partial charge in [0, 0.05) is 17.3 Å². The minimum absolute atomic E-state index is 0.554. The number of halogens is 1. The second kappa shape index (κ2) is 5.19. The Balaban J connectivity index is 2.16. The van der Waals surface area contributed by atoms with Crippen LogP contribution < -0.4 is 4.90 Å². The molecule has 0 atom stereocenters. The first kappa shape index (κ1) is 12.5. The van der Waals surface area contributed by atoms with Crippen molar-refractivity contribution in [2.24, 2.45) is 0 Å². The zero-order valence-corrected chi connectivity index (χ0v) is 12.1. The summed E-state index contributed by atoms with van der Waals surface area (Å²) >= 11 is 7.51. The second-order valence-corrected chi connectivity index (χ2v) is 5.42. The van der Waals surface area contributed by atoms with Crippen LogP contribution in [0.3, 0.4) is 0 Å². The van der Waals surface area contributed by atoms with Crippen molar-refractivity contribution < 1.29 is 0 Å². The Labute approximate surface area is 121 Å². The van der Waals surface area contributed by atoms with Crippen LogP contribution in [0.15, 0.2) is 47.8 Å². The van der Waals surface area contributed by atoms with E-state index in [0.717, 1.165) is 11.7 Å². The van der Waals surface area contributed by atoms with E-state index < -0.39 is 0 Å². The van der Waals surface area contributed by atoms with Crippen molar-refractivity contribution in [1.29, 1.82) is 0 Å². The van der Waals surface area contributed by atoms with Crippen LogP contribution in [-0.2, 0) is 0 Å². The summed E-state index contributed by atoms with van der Waals surface area (Å²) in [5.74, 6) is 0. The molecule has 19 heavy (non-hydrogen) atoms. The normalized spacial score (nSPS) is 10.8. The topological polar surface area (TPSA) is 16.1 Å². The summed E-state index contributed by atoms with van der Waals surface area (Å²) in [5.41, 5.74) is 1.17. The summed E-state index contributed by atoms with van der Waals surface area (Å²) in [7, 11) is 0. The van der Waals surface area contributed by atoms with Gasteiger partial charge in [0.25, 0.3) is 0 Å². The van der Waals surface area contributed by atoms with Gasteiger partial charge in [0.15, 0.2) is 5.13 Å². The van der Waals surface area contributed by atoms with Crippen LogP contribution in [0.4, 0.5) is 10.8 Å². The van der Waals surface area contributed by atoms with Crippen LogP contribution in [0.2, 0.25) is 5.15 Å². The molecule has 3 rings (SSSR count). The minimum atomic E-state index is 0.554. The third kappa shape index (κ3) is 2.31. The van der Waals surface area contributed by atoms with Crippen molar-refractivity contribution >= 4 is 44.5 Å². The molecule has 0 saturated heterocycles. The summed E-state index contributed by atoms with van der Waals surface area (Å²) in [6.07, 6.45) is 0. The largest absolute Gasteiger partial charge is 0.317 e. The minimum Gasteiger partial charge on any atom is -0.317 e. The van der Waals surface area contributed by atoms with Crippen molar-refractivity contribution in [2.75, 3.05) is 11.4 Å². The molecule has 3 aromatic rings. The SMILES string of the molecule is CCN(c1nc(Cl)cs1)c1cccc2ccccc12. The molecule has 2 aromatic carbocycles. The van der Waals surface area contributed by atoms with Gasteiger partial charge in [-0.1, -0.05) is 48.0 Å². The van der Waals surface area contributed by atoms with Gasteiger partial charge in [0.05, 0.1) is 5.69 Å². The van der Waals surface area contributed by atoms with Gasteiger partial charge in [-0.15, -0.1) is 11.3 Å². The number of benzene rings is 2. The lowest BCUT2D eigenvalue weighted by molar-refractivity contribution is 1.02. The van der Waals surface area contributed by atoms with Crippen LogP contribution in [-0.4, -0.2) is 11.5 Å². The Kier molecular flexibility index (Phi) is 3.40. The first-order valence-electron chi connectivity index (χ1n) is 6.16. The Hall–Kier alpha value is -1.58. The third-order valence-electron chi connectivity index (χ3n) is 3.07. The monoisotopic (exact) mass is 288 g/mol. The van der Waals surface area contributed by atoms with E-state index in [4.69, 9.17) is 11.6 Å². The molecule has 0 saturated carbocycles. The van der Waals surface area contributed by atoms with E-state index in [1.807, 2.05) is 5.38 Å². The van der Waals surface area contributed by atoms with E-state index in [0.29, 0.717) is 5.15 Å². The number of thiazole rings is 1. The fourth-order valence-electron chi connectivity index (χ4n) is 2.22. The van der Waals surface area contributed by atoms with Crippen molar-refractivity contribution in [3.63, 3.8) is 0 Å². The number of fused-ring (bicyclic) bond motifs is 1. The van der Waals surface area contributed by atoms with E-state index in [2.05, 4.69) is 59.3 Å². The number of aromatic nitrogens is 1. The van der Waals surface area contributed by atoms with Gasteiger partial charge in [-0.3, -0.25) is 0 Å². The quantitative estimate of drug-likeness (QED) is 0.666. The highest BCUT2D eigenvalue weighted by atomic mass is 35.5. The van der Waals surface area contributed by atoms with Gasteiger partial charge in [0.2, 0.25) is 0 Å². The Morgan fingerprint density at radius 3 is 2.68 bits per heavy atom. The molecule has 0 radical (unpaired) electrons. The highest BCUT2D eigenvalue weighted by molar-refractivity contribution is 7.14. The van der Waals surface area contributed by atoms with E-state index in [-0.39, 0.29) is 0 Å². The zero-order valence-electron chi connectivity index (χ0n) is 10.5. The summed E-state index contributed by atoms with van der Waals surface area (Å²) < 4.78 is 0. The molecule has 0 aliphatic heterocycles. The fraction of sp³-hybridized carbons (Fsp3) is 0.133. The molecular formula is C15H13ClN2S. The van der Waals surface area contributed by atoms with Crippen LogP contribution in [0, 0.1) is 0 Å². The third-order valence-corrected chi connectivity index (χ3v) is 4.26. The Bertz CT molecular complexity index is 703. The van der Waals surface area contributed by atoms with Gasteiger partial charge < -0.3 is 4.90 Å². The predicted molar refractivity (Wildman–Crippen MR) is 83.8 cm³/mol. The molecule has 1 aromatic heterocycles. The van der Waals surface area contributed by atoms with Crippen LogP contribution >= 0.6 is 22.9 Å². The number of anilines is 2. The van der Waals surface area contributed by atoms with Gasteiger partial charge in [-0.25, -0.2) is 4.98 Å². The molecule has 0 aliphatic carbocycles. The lowest BCUT2D eigenvalue weighted by atomic mass is 10.1. The Morgan fingerprint density at radius 2 is 1.95 bits per heavy atom. The molecule has 4 heteroatoms. The van der Waals surface area contributed by atoms with Gasteiger partial charge in [-0.2, -0.15) is 0 Å². The van der Waals surface area contributed by atoms with Crippen molar-refractivity contribution in [3.8, 4) is 0 Å². The van der Waals surface area contributed by atoms with E-state index in [1.54, 1.807) is 11.3 Å². The Morgan fingerprint density at radius 1 is 1.16 bits per heavy atom. The molecule has 0 amide bonds. The number of rotatable bonds is 3. The van der Waals surface area contributed by atoms with E-state index in [9.17, 15) is 0 Å². The standard InChI is InChI=1S/C15H13ClN2S/c1-2-18(15-17-14(16)10-19-15)13-9-5-7-11-6-3-4-8-12(11)13/h3-10H,2H2,1H3. The molecule has 0 fully saturated rings. The maximum Gasteiger partial charge on any atom is 0.191 e. The zero-order chi connectivity index (χ0) is 13.2. The molecule has 0 aliphatic rings. The number of hydrogen-bond donors (Lipinski definition) is 0. The second-order valence-electron chi connectivity index (χ2n) is 4.20. The van der Waals surface area contributed by atoms with Crippen molar-refractivity contribution in [1.82, 2.24) is 4.98 Å².